The summed E-state index contributed by atoms with van der Waals surface area (Å²) in [7, 11) is 0. The van der Waals surface area contributed by atoms with Gasteiger partial charge in [0.2, 0.25) is 0 Å². The Balaban J connectivity index is -0.000000677. The van der Waals surface area contributed by atoms with Crippen LogP contribution < -0.4 is 0 Å². The summed E-state index contributed by atoms with van der Waals surface area (Å²) < 4.78 is 0. The Labute approximate surface area is 294 Å². The summed E-state index contributed by atoms with van der Waals surface area (Å²) in [5.74, 6) is 8.18. The Hall–Kier alpha value is 0.324. The van der Waals surface area contributed by atoms with Crippen molar-refractivity contribution in [2.45, 2.75) is 187 Å². The van der Waals surface area contributed by atoms with Gasteiger partial charge in [0.15, 0.2) is 0 Å². The van der Waals surface area contributed by atoms with Gasteiger partial charge in [-0.3, -0.25) is 0 Å². The van der Waals surface area contributed by atoms with Gasteiger partial charge in [-0.15, -0.1) is 0 Å². The molecule has 0 unspecified atom stereocenters. The van der Waals surface area contributed by atoms with Gasteiger partial charge in [0.25, 0.3) is 0 Å². The zero-order valence-corrected chi connectivity index (χ0v) is 28.5. The van der Waals surface area contributed by atoms with Gasteiger partial charge in [0.05, 0.1) is 0 Å². The van der Waals surface area contributed by atoms with Crippen LogP contribution in [0.3, 0.4) is 0 Å². The molecule has 0 nitrogen and oxygen atoms in total. The van der Waals surface area contributed by atoms with Crippen LogP contribution in [0.5, 0.6) is 0 Å². The van der Waals surface area contributed by atoms with E-state index in [9.17, 15) is 0 Å². The molecule has 4 aliphatic rings. The van der Waals surface area contributed by atoms with Crippen molar-refractivity contribution in [2.24, 2.45) is 41.4 Å². The first-order chi connectivity index (χ1) is 17.3. The van der Waals surface area contributed by atoms with Gasteiger partial charge in [-0.25, -0.2) is 0 Å². The van der Waals surface area contributed by atoms with Gasteiger partial charge in [-0.1, -0.05) is 109 Å². The number of rotatable bonds is 3. The van der Waals surface area contributed by atoms with E-state index in [1.807, 2.05) is 0 Å². The van der Waals surface area contributed by atoms with E-state index in [0.29, 0.717) is 0 Å². The van der Waals surface area contributed by atoms with Crippen molar-refractivity contribution in [1.82, 2.24) is 0 Å². The fourth-order valence-electron chi connectivity index (χ4n) is 8.59. The second-order valence-electron chi connectivity index (χ2n) is 14.4. The molecule has 0 saturated heterocycles. The third-order valence-electron chi connectivity index (χ3n) is 11.8. The first kappa shape index (κ1) is 46.7. The minimum Gasteiger partial charge on any atom is -0.0776 e. The normalized spacial score (nSPS) is 32.2. The van der Waals surface area contributed by atoms with Crippen LogP contribution in [0.2, 0.25) is 0 Å². The predicted molar refractivity (Wildman–Crippen MR) is 192 cm³/mol. The Morgan fingerprint density at radius 2 is 0.690 bits per heavy atom. The molecule has 1 aromatic rings. The molecule has 42 heavy (non-hydrogen) atoms. The molecule has 0 bridgehead atoms. The van der Waals surface area contributed by atoms with Gasteiger partial charge in [-0.05, 0) is 155 Å². The fraction of sp³-hybridized carbons (Fsp3) is 0.854. The average Bonchev–Trinajstić information content (AvgIpc) is 2.89. The Morgan fingerprint density at radius 1 is 0.405 bits per heavy atom. The minimum atomic E-state index is 0. The molecule has 4 fully saturated rings. The molecule has 1 aromatic carbocycles. The molecule has 1 radical (unpaired) electrons. The zero-order chi connectivity index (χ0) is 25.7. The monoisotopic (exact) mass is 662 g/mol. The van der Waals surface area contributed by atoms with Crippen molar-refractivity contribution in [2.75, 3.05) is 0 Å². The SMILES string of the molecule is C.C.C.C.C.CC1CCC(C2CCC(C)CC2)CC1.Cc1ccc(C2CCC(C3CCC(C)CC3)CC2)c(C)c1C.[Y]. The van der Waals surface area contributed by atoms with Crippen LogP contribution in [-0.4, -0.2) is 0 Å². The molecule has 0 aromatic heterocycles. The molecular weight excluding hydrogens is 581 g/mol. The summed E-state index contributed by atoms with van der Waals surface area (Å²) in [6, 6.07) is 4.76. The van der Waals surface area contributed by atoms with Crippen LogP contribution in [0.15, 0.2) is 12.1 Å². The van der Waals surface area contributed by atoms with Crippen molar-refractivity contribution in [1.29, 1.82) is 0 Å². The largest absolute Gasteiger partial charge is 0.0776 e. The van der Waals surface area contributed by atoms with Crippen LogP contribution in [0, 0.1) is 62.2 Å². The number of hydrogen-bond acceptors (Lipinski definition) is 0. The first-order valence-corrected chi connectivity index (χ1v) is 16.4. The quantitative estimate of drug-likeness (QED) is 0.302. The average molecular weight is 662 g/mol. The van der Waals surface area contributed by atoms with Crippen molar-refractivity contribution in [3.63, 3.8) is 0 Å². The third kappa shape index (κ3) is 13.0. The molecule has 0 atom stereocenters. The molecule has 0 heterocycles. The maximum Gasteiger partial charge on any atom is 0 e. The minimum absolute atomic E-state index is 0. The summed E-state index contributed by atoms with van der Waals surface area (Å²) in [4.78, 5) is 0. The number of benzene rings is 1. The molecule has 0 aliphatic heterocycles. The maximum atomic E-state index is 2.44. The standard InChI is InChI=1S/C22H34.C14H26.5CH4.Y/c1-15-5-8-19(9-6-15)20-10-12-21(13-11-20)22-14-7-16(2)17(3)18(22)4;1-11-3-7-13(8-4-11)14-9-5-12(2)6-10-14;;;;;;/h7,14-15,19-21H,5-6,8-13H2,1-4H3;11-14H,3-10H2,1-2H3;5*1H4;. The zero-order valence-electron chi connectivity index (χ0n) is 25.7. The number of hydrogen-bond donors (Lipinski definition) is 0. The van der Waals surface area contributed by atoms with Gasteiger partial charge in [-0.2, -0.15) is 0 Å². The van der Waals surface area contributed by atoms with Crippen molar-refractivity contribution < 1.29 is 32.7 Å². The fourth-order valence-corrected chi connectivity index (χ4v) is 8.59. The van der Waals surface area contributed by atoms with E-state index in [1.54, 1.807) is 36.8 Å². The summed E-state index contributed by atoms with van der Waals surface area (Å²) in [5.41, 5.74) is 6.18. The van der Waals surface area contributed by atoms with E-state index in [1.165, 1.54) is 88.2 Å². The van der Waals surface area contributed by atoms with Crippen LogP contribution in [0.1, 0.15) is 189 Å². The van der Waals surface area contributed by atoms with E-state index < -0.39 is 0 Å². The van der Waals surface area contributed by atoms with Crippen molar-refractivity contribution >= 4 is 0 Å². The van der Waals surface area contributed by atoms with E-state index in [4.69, 9.17) is 0 Å². The second kappa shape index (κ2) is 22.8. The van der Waals surface area contributed by atoms with Gasteiger partial charge in [0.1, 0.15) is 0 Å². The Kier molecular flexibility index (Phi) is 25.3. The first-order valence-electron chi connectivity index (χ1n) is 16.4. The van der Waals surface area contributed by atoms with E-state index in [-0.39, 0.29) is 69.8 Å². The summed E-state index contributed by atoms with van der Waals surface area (Å²) >= 11 is 0. The molecule has 1 heteroatoms. The smallest absolute Gasteiger partial charge is 0 e. The van der Waals surface area contributed by atoms with E-state index in [2.05, 4.69) is 53.7 Å². The summed E-state index contributed by atoms with van der Waals surface area (Å²) in [6.45, 7) is 14.2. The van der Waals surface area contributed by atoms with E-state index >= 15 is 0 Å². The second-order valence-corrected chi connectivity index (χ2v) is 14.4. The van der Waals surface area contributed by atoms with E-state index in [0.717, 1.165) is 47.3 Å². The molecule has 5 rings (SSSR count). The molecule has 4 aliphatic carbocycles. The van der Waals surface area contributed by atoms with Gasteiger partial charge >= 0.3 is 0 Å². The molecule has 0 spiro atoms. The molecule has 4 saturated carbocycles. The van der Waals surface area contributed by atoms with Crippen LogP contribution in [0.4, 0.5) is 0 Å². The topological polar surface area (TPSA) is 0 Å². The summed E-state index contributed by atoms with van der Waals surface area (Å²) in [6.07, 6.45) is 24.0. The molecule has 0 N–H and O–H groups in total. The molecule has 247 valence electrons. The number of aryl methyl sites for hydroxylation is 1. The van der Waals surface area contributed by atoms with Crippen LogP contribution in [-0.2, 0) is 32.7 Å². The third-order valence-corrected chi connectivity index (χ3v) is 11.8. The predicted octanol–water partition coefficient (Wildman–Crippen LogP) is 14.5. The Morgan fingerprint density at radius 3 is 1.00 bits per heavy atom. The van der Waals surface area contributed by atoms with Gasteiger partial charge in [0, 0.05) is 32.7 Å². The molecular formula is C41H80Y. The van der Waals surface area contributed by atoms with Crippen LogP contribution >= 0.6 is 0 Å². The Bertz CT molecular complexity index is 759. The van der Waals surface area contributed by atoms with Crippen molar-refractivity contribution in [3.05, 3.63) is 34.4 Å². The molecule has 0 amide bonds. The van der Waals surface area contributed by atoms with Crippen LogP contribution in [0.25, 0.3) is 0 Å². The van der Waals surface area contributed by atoms with Crippen molar-refractivity contribution in [3.8, 4) is 0 Å². The van der Waals surface area contributed by atoms with Gasteiger partial charge < -0.3 is 0 Å². The summed E-state index contributed by atoms with van der Waals surface area (Å²) in [5, 5.41) is 0. The maximum absolute atomic E-state index is 2.44.